The van der Waals surface area contributed by atoms with Crippen molar-refractivity contribution in [1.29, 1.82) is 0 Å². The zero-order valence-corrected chi connectivity index (χ0v) is 80.7. The number of nitrogens with one attached hydrogen (secondary N) is 4. The van der Waals surface area contributed by atoms with Crippen molar-refractivity contribution in [1.82, 2.24) is 39.9 Å². The molecule has 2 unspecified atom stereocenters. The van der Waals surface area contributed by atoms with E-state index in [9.17, 15) is 67.9 Å². The lowest BCUT2D eigenvalue weighted by molar-refractivity contribution is -0.141. The highest BCUT2D eigenvalue weighted by molar-refractivity contribution is 5.78. The maximum atomic E-state index is 15.9. The molecule has 774 valence electrons. The number of aromatic nitrogens is 8. The molecule has 4 heterocycles. The fourth-order valence-electron chi connectivity index (χ4n) is 17.1. The van der Waals surface area contributed by atoms with Crippen molar-refractivity contribution < 1.29 is 90.2 Å². The third-order valence-electron chi connectivity index (χ3n) is 25.8. The van der Waals surface area contributed by atoms with E-state index in [1.165, 1.54) is 81.0 Å². The van der Waals surface area contributed by atoms with Gasteiger partial charge in [-0.3, -0.25) is 24.0 Å². The first-order valence-corrected chi connectivity index (χ1v) is 48.0. The number of alkyl halides is 10. The van der Waals surface area contributed by atoms with Gasteiger partial charge in [-0.15, -0.1) is 0 Å². The van der Waals surface area contributed by atoms with Crippen LogP contribution in [0.1, 0.15) is 198 Å². The van der Waals surface area contributed by atoms with Gasteiger partial charge in [-0.25, -0.2) is 57.4 Å². The summed E-state index contributed by atoms with van der Waals surface area (Å²) in [7, 11) is 1.21. The summed E-state index contributed by atoms with van der Waals surface area (Å²) in [5, 5.41) is 12.0. The van der Waals surface area contributed by atoms with Crippen molar-refractivity contribution in [2.75, 3.05) is 54.5 Å². The number of methoxy groups -OCH3 is 1. The van der Waals surface area contributed by atoms with Crippen molar-refractivity contribution in [2.45, 2.75) is 217 Å². The van der Waals surface area contributed by atoms with Crippen molar-refractivity contribution in [3.05, 3.63) is 332 Å². The van der Waals surface area contributed by atoms with Crippen molar-refractivity contribution in [3.63, 3.8) is 0 Å². The Balaban J connectivity index is 0.000000155. The van der Waals surface area contributed by atoms with Gasteiger partial charge < -0.3 is 68.5 Å². The van der Waals surface area contributed by atoms with E-state index < -0.39 is 94.2 Å². The molecule has 5 aliphatic carbocycles. The highest BCUT2D eigenvalue weighted by Gasteiger charge is 2.45. The molecule has 5 fully saturated rings. The summed E-state index contributed by atoms with van der Waals surface area (Å²) in [5.74, 6) is -9.25. The van der Waals surface area contributed by atoms with Crippen LogP contribution in [-0.4, -0.2) is 101 Å². The Labute approximate surface area is 839 Å². The van der Waals surface area contributed by atoms with E-state index in [-0.39, 0.29) is 126 Å². The lowest BCUT2D eigenvalue weighted by Gasteiger charge is -2.42. The van der Waals surface area contributed by atoms with Crippen LogP contribution in [0, 0.1) is 35.1 Å². The van der Waals surface area contributed by atoms with E-state index >= 15 is 17.6 Å². The third kappa shape index (κ3) is 30.3. The highest BCUT2D eigenvalue weighted by Crippen LogP contribution is 2.50. The minimum absolute atomic E-state index is 0.0567. The van der Waals surface area contributed by atoms with Gasteiger partial charge >= 0.3 is 18.3 Å². The molecule has 0 radical (unpaired) electrons. The average Bonchev–Trinajstić information content (AvgIpc) is 1.67. The Hall–Kier alpha value is -15.2. The van der Waals surface area contributed by atoms with Gasteiger partial charge in [0.1, 0.15) is 25.3 Å². The zero-order valence-electron chi connectivity index (χ0n) is 80.7. The number of benzene rings is 8. The lowest BCUT2D eigenvalue weighted by Crippen LogP contribution is -2.41. The van der Waals surface area contributed by atoms with Gasteiger partial charge in [-0.05, 0) is 173 Å². The van der Waals surface area contributed by atoms with Gasteiger partial charge in [0.15, 0.2) is 46.5 Å². The first kappa shape index (κ1) is 108. The maximum absolute atomic E-state index is 15.9. The van der Waals surface area contributed by atoms with Crippen LogP contribution in [0.4, 0.5) is 108 Å². The van der Waals surface area contributed by atoms with Crippen LogP contribution in [-0.2, 0) is 118 Å². The molecule has 4 aromatic heterocycles. The molecular formula is C107H112F14N20O6. The number of anilines is 8. The number of primary amides is 4. The molecular weight excluding hydrogens is 1930 g/mol. The fourth-order valence-corrected chi connectivity index (χ4v) is 17.1. The fraction of sp³-hybridized carbons (Fsp3) is 0.355. The second kappa shape index (κ2) is 48.2. The molecule has 0 aliphatic heterocycles. The number of ether oxygens (including phenoxy) is 1. The van der Waals surface area contributed by atoms with Crippen LogP contribution in [0.5, 0.6) is 0 Å². The topological polar surface area (TPSA) is 363 Å². The third-order valence-corrected chi connectivity index (χ3v) is 25.8. The molecule has 0 bridgehead atoms. The number of halogens is 14. The quantitative estimate of drug-likeness (QED) is 0.0130. The number of carbonyl (C=O) groups is 5. The van der Waals surface area contributed by atoms with Crippen molar-refractivity contribution in [3.8, 4) is 0 Å². The molecule has 0 saturated heterocycles. The number of hydrogen-bond donors (Lipinski definition) is 8. The normalized spacial score (nSPS) is 14.5. The van der Waals surface area contributed by atoms with Gasteiger partial charge in [0, 0.05) is 88.9 Å². The van der Waals surface area contributed by atoms with Gasteiger partial charge in [-0.1, -0.05) is 176 Å². The molecule has 40 heteroatoms. The number of nitrogens with two attached hydrogens (primary N) is 4. The molecule has 147 heavy (non-hydrogen) atoms. The summed E-state index contributed by atoms with van der Waals surface area (Å²) >= 11 is 0. The van der Waals surface area contributed by atoms with Crippen LogP contribution in [0.15, 0.2) is 219 Å². The molecule has 5 saturated carbocycles. The number of hydrogen-bond acceptors (Lipinski definition) is 22. The SMILES string of the molecule is CC(F)(F)c1ccc(CN(CC2CC2)c2ncnc(NCc3ccc(CC(N)=O)cc3)c2F)cc1.CC(F)(F)c1ccc(CN(c2ncnc(NCc3ccc(CC(N)=O)cc3)c2F)C2CCC2)cc1.COC(=O)CC(c1ccc(C(F)(F)F)cc1)N(c1ncnc(NCc2ccc(CC(N)=O)cc2)c1F)C1CC1.NC(=O)Cc1ccc(CNc2ncnc(N(C3CC3)C(c3ccc(C(F)(F)F)cc3)C3CCC3)c2F)cc1. The van der Waals surface area contributed by atoms with Gasteiger partial charge in [0.2, 0.25) is 46.9 Å². The summed E-state index contributed by atoms with van der Waals surface area (Å²) in [6.45, 7) is 4.25. The Morgan fingerprint density at radius 2 is 0.660 bits per heavy atom. The Morgan fingerprint density at radius 1 is 0.354 bits per heavy atom. The van der Waals surface area contributed by atoms with Crippen molar-refractivity contribution in [2.24, 2.45) is 34.8 Å². The zero-order chi connectivity index (χ0) is 105. The second-order valence-corrected chi connectivity index (χ2v) is 37.3. The average molecular weight is 2040 g/mol. The van der Waals surface area contributed by atoms with Crippen molar-refractivity contribution >= 4 is 76.1 Å². The minimum atomic E-state index is -4.52. The number of esters is 1. The summed E-state index contributed by atoms with van der Waals surface area (Å²) in [4.78, 5) is 97.1. The van der Waals surface area contributed by atoms with Crippen LogP contribution in [0.2, 0.25) is 0 Å². The molecule has 4 amide bonds. The first-order valence-electron chi connectivity index (χ1n) is 48.0. The molecule has 26 nitrogen and oxygen atoms in total. The summed E-state index contributed by atoms with van der Waals surface area (Å²) in [6, 6.07) is 49.7. The molecule has 0 spiro atoms. The van der Waals surface area contributed by atoms with E-state index in [2.05, 4.69) is 61.1 Å². The molecule has 8 aromatic carbocycles. The van der Waals surface area contributed by atoms with E-state index in [0.717, 1.165) is 164 Å². The maximum Gasteiger partial charge on any atom is 0.416 e. The van der Waals surface area contributed by atoms with E-state index in [1.54, 1.807) is 77.7 Å². The summed E-state index contributed by atoms with van der Waals surface area (Å²) in [5.41, 5.74) is 28.6. The van der Waals surface area contributed by atoms with Crippen LogP contribution >= 0.6 is 0 Å². The Morgan fingerprint density at radius 3 is 0.980 bits per heavy atom. The second-order valence-electron chi connectivity index (χ2n) is 37.3. The predicted octanol–water partition coefficient (Wildman–Crippen LogP) is 20.0. The number of rotatable bonds is 42. The lowest BCUT2D eigenvalue weighted by atomic mass is 9.76. The van der Waals surface area contributed by atoms with Crippen LogP contribution in [0.25, 0.3) is 0 Å². The molecule has 12 aromatic rings. The highest BCUT2D eigenvalue weighted by atomic mass is 19.4. The van der Waals surface area contributed by atoms with E-state index in [0.29, 0.717) is 63.6 Å². The minimum Gasteiger partial charge on any atom is -0.469 e. The number of carbonyl (C=O) groups excluding carboxylic acids is 5. The monoisotopic (exact) mass is 2040 g/mol. The molecule has 5 aliphatic rings. The number of nitrogens with zero attached hydrogens (tertiary/aromatic N) is 12. The molecule has 2 atom stereocenters. The van der Waals surface area contributed by atoms with Gasteiger partial charge in [-0.2, -0.15) is 43.9 Å². The van der Waals surface area contributed by atoms with E-state index in [4.69, 9.17) is 27.7 Å². The Kier molecular flexibility index (Phi) is 35.3. The summed E-state index contributed by atoms with van der Waals surface area (Å²) in [6.07, 6.45) is 7.62. The van der Waals surface area contributed by atoms with Gasteiger partial charge in [0.05, 0.1) is 62.4 Å². The first-order chi connectivity index (χ1) is 70.2. The predicted molar refractivity (Wildman–Crippen MR) is 528 cm³/mol. The number of amides is 4. The largest absolute Gasteiger partial charge is 0.469 e. The summed E-state index contributed by atoms with van der Waals surface area (Å²) < 4.78 is 201. The smallest absolute Gasteiger partial charge is 0.416 e. The van der Waals surface area contributed by atoms with E-state index in [1.807, 2.05) is 63.2 Å². The van der Waals surface area contributed by atoms with Gasteiger partial charge in [0.25, 0.3) is 11.8 Å². The standard InChI is InChI=1S/C28H29F4N5O.C27H27F4N5O3.2C26H28F3N5O/c29-24-26(34-15-18-6-4-17(5-7-18)14-23(33)38)35-16-36-27(24)37(22-12-13-22)25(19-2-1-3-19)20-8-10-21(11-9-20)28(30,31)32;1-39-23(38)13-21(18-6-8-19(9-7-18)27(29,30)31)36(20-10-11-20)26-24(28)25(34-15-35-26)33-14-17-4-2-16(3-5-17)12-22(32)37;1-26(28,29)21-10-8-20(9-11-21)15-34(14-19-6-7-19)25-23(27)24(32-16-33-25)31-13-18-4-2-17(3-5-18)12-22(30)35;1-26(28,29)20-11-9-19(10-12-20)15-34(21-3-2-4-21)25-23(27)24(32-16-33-25)31-14-18-7-5-17(6-8-18)13-22(30)35/h4-11,16,19,22,25H,1-3,12-15H2,(H2,33,38)(H,34,35,36);2-9,15,20-21H,10-14H2,1H3,(H2,32,37)(H,33,34,35);2-5,8-11,16,19H,6-7,12-15H2,1H3,(H2,30,35)(H,31,32,33);5-12,16,21H,2-4,13-15H2,1H3,(H2,30,35)(H,31,32,33). The van der Waals surface area contributed by atoms with Crippen LogP contribution in [0.3, 0.4) is 0 Å². The Bertz CT molecular complexity index is 6460. The molecule has 17 rings (SSSR count). The molecule has 12 N–H and O–H groups in total. The van der Waals surface area contributed by atoms with Crippen LogP contribution < -0.4 is 63.8 Å².